The third-order valence-corrected chi connectivity index (χ3v) is 3.88. The summed E-state index contributed by atoms with van der Waals surface area (Å²) in [7, 11) is 0. The van der Waals surface area contributed by atoms with Crippen molar-refractivity contribution in [1.82, 2.24) is 4.90 Å². The van der Waals surface area contributed by atoms with Gasteiger partial charge in [-0.1, -0.05) is 38.0 Å². The first-order chi connectivity index (χ1) is 8.85. The van der Waals surface area contributed by atoms with E-state index in [1.54, 1.807) is 0 Å². The molecule has 0 amide bonds. The Morgan fingerprint density at radius 1 is 1.33 bits per heavy atom. The lowest BCUT2D eigenvalue weighted by Gasteiger charge is -2.36. The van der Waals surface area contributed by atoms with Crippen LogP contribution >= 0.6 is 0 Å². The Kier molecular flexibility index (Phi) is 4.78. The van der Waals surface area contributed by atoms with E-state index in [0.29, 0.717) is 0 Å². The number of nitriles is 1. The number of nitrogens with zero attached hydrogens (tertiary/aromatic N) is 2. The fourth-order valence-corrected chi connectivity index (χ4v) is 2.91. The maximum absolute atomic E-state index is 9.15. The van der Waals surface area contributed by atoms with Gasteiger partial charge in [0.05, 0.1) is 11.6 Å². The molecule has 1 fully saturated rings. The highest BCUT2D eigenvalue weighted by Gasteiger charge is 2.22. The van der Waals surface area contributed by atoms with Gasteiger partial charge in [-0.15, -0.1) is 0 Å². The van der Waals surface area contributed by atoms with Crippen LogP contribution in [0.5, 0.6) is 0 Å². The minimum Gasteiger partial charge on any atom is -0.296 e. The summed E-state index contributed by atoms with van der Waals surface area (Å²) in [5, 5.41) is 9.15. The smallest absolute Gasteiger partial charge is 0.0995 e. The maximum Gasteiger partial charge on any atom is 0.0995 e. The summed E-state index contributed by atoms with van der Waals surface area (Å²) in [6.45, 7) is 4.38. The molecule has 0 bridgehead atoms. The molecule has 2 rings (SSSR count). The quantitative estimate of drug-likeness (QED) is 0.804. The lowest BCUT2D eigenvalue weighted by atomic mass is 9.97. The van der Waals surface area contributed by atoms with E-state index in [0.717, 1.165) is 18.2 Å². The van der Waals surface area contributed by atoms with Crippen molar-refractivity contribution in [3.05, 3.63) is 35.4 Å². The van der Waals surface area contributed by atoms with E-state index in [9.17, 15) is 0 Å². The molecule has 1 unspecified atom stereocenters. The van der Waals surface area contributed by atoms with E-state index in [-0.39, 0.29) is 0 Å². The van der Waals surface area contributed by atoms with Gasteiger partial charge in [0.2, 0.25) is 0 Å². The van der Waals surface area contributed by atoms with Gasteiger partial charge < -0.3 is 0 Å². The van der Waals surface area contributed by atoms with Crippen LogP contribution in [0.4, 0.5) is 0 Å². The summed E-state index contributed by atoms with van der Waals surface area (Å²) in [5.41, 5.74) is 2.02. The highest BCUT2D eigenvalue weighted by atomic mass is 15.2. The Bertz CT molecular complexity index is 417. The number of hydrogen-bond acceptors (Lipinski definition) is 2. The number of benzene rings is 1. The predicted molar refractivity (Wildman–Crippen MR) is 74.1 cm³/mol. The molecule has 1 aliphatic rings. The Hall–Kier alpha value is -1.33. The van der Waals surface area contributed by atoms with Gasteiger partial charge >= 0.3 is 0 Å². The van der Waals surface area contributed by atoms with E-state index in [2.05, 4.69) is 24.0 Å². The van der Waals surface area contributed by atoms with Gasteiger partial charge in [0, 0.05) is 12.6 Å². The van der Waals surface area contributed by atoms with Crippen LogP contribution in [0, 0.1) is 11.3 Å². The highest BCUT2D eigenvalue weighted by molar-refractivity contribution is 5.37. The molecule has 1 atom stereocenters. The molecular formula is C16H22N2. The third kappa shape index (κ3) is 3.11. The van der Waals surface area contributed by atoms with Gasteiger partial charge in [-0.25, -0.2) is 0 Å². The zero-order chi connectivity index (χ0) is 12.8. The molecular weight excluding hydrogens is 220 g/mol. The summed E-state index contributed by atoms with van der Waals surface area (Å²) < 4.78 is 0. The van der Waals surface area contributed by atoms with Crippen molar-refractivity contribution in [2.45, 2.75) is 51.6 Å². The number of likely N-dealkylation sites (tertiary alicyclic amines) is 1. The summed E-state index contributed by atoms with van der Waals surface area (Å²) >= 11 is 0. The van der Waals surface area contributed by atoms with Crippen LogP contribution in [0.25, 0.3) is 0 Å². The van der Waals surface area contributed by atoms with Crippen molar-refractivity contribution in [1.29, 1.82) is 5.26 Å². The zero-order valence-corrected chi connectivity index (χ0v) is 11.2. The highest BCUT2D eigenvalue weighted by Crippen LogP contribution is 2.23. The zero-order valence-electron chi connectivity index (χ0n) is 11.2. The van der Waals surface area contributed by atoms with Crippen molar-refractivity contribution in [3.63, 3.8) is 0 Å². The van der Waals surface area contributed by atoms with Crippen LogP contribution in [0.2, 0.25) is 0 Å². The Morgan fingerprint density at radius 2 is 2.17 bits per heavy atom. The lowest BCUT2D eigenvalue weighted by Crippen LogP contribution is -2.38. The molecule has 0 radical (unpaired) electrons. The first kappa shape index (κ1) is 13.1. The van der Waals surface area contributed by atoms with Crippen molar-refractivity contribution in [2.75, 3.05) is 6.54 Å². The molecule has 0 N–H and O–H groups in total. The molecule has 0 spiro atoms. The summed E-state index contributed by atoms with van der Waals surface area (Å²) in [6, 6.07) is 11.0. The van der Waals surface area contributed by atoms with Gasteiger partial charge in [0.25, 0.3) is 0 Å². The van der Waals surface area contributed by atoms with Crippen LogP contribution in [-0.2, 0) is 6.54 Å². The van der Waals surface area contributed by atoms with Crippen molar-refractivity contribution in [3.8, 4) is 6.07 Å². The fraction of sp³-hybridized carbons (Fsp3) is 0.562. The first-order valence-corrected chi connectivity index (χ1v) is 7.07. The second-order valence-corrected chi connectivity index (χ2v) is 5.18. The first-order valence-electron chi connectivity index (χ1n) is 7.07. The molecule has 0 saturated carbocycles. The van der Waals surface area contributed by atoms with E-state index < -0.39 is 0 Å². The molecule has 0 aromatic heterocycles. The monoisotopic (exact) mass is 242 g/mol. The molecule has 1 aromatic carbocycles. The molecule has 1 aliphatic heterocycles. The van der Waals surface area contributed by atoms with Crippen LogP contribution in [0.1, 0.15) is 50.2 Å². The minimum absolute atomic E-state index is 0.718. The molecule has 96 valence electrons. The van der Waals surface area contributed by atoms with E-state index in [1.807, 2.05) is 18.2 Å². The van der Waals surface area contributed by atoms with Gasteiger partial charge in [0.1, 0.15) is 0 Å². The fourth-order valence-electron chi connectivity index (χ4n) is 2.91. The molecule has 2 heteroatoms. The number of rotatable bonds is 4. The normalized spacial score (nSPS) is 20.6. The second-order valence-electron chi connectivity index (χ2n) is 5.18. The second kappa shape index (κ2) is 6.56. The van der Waals surface area contributed by atoms with Crippen molar-refractivity contribution in [2.24, 2.45) is 0 Å². The van der Waals surface area contributed by atoms with Crippen molar-refractivity contribution >= 4 is 0 Å². The van der Waals surface area contributed by atoms with E-state index >= 15 is 0 Å². The van der Waals surface area contributed by atoms with Crippen molar-refractivity contribution < 1.29 is 0 Å². The van der Waals surface area contributed by atoms with Crippen LogP contribution < -0.4 is 0 Å². The molecule has 1 heterocycles. The summed E-state index contributed by atoms with van der Waals surface area (Å²) in [4.78, 5) is 2.57. The Balaban J connectivity index is 2.09. The van der Waals surface area contributed by atoms with Crippen LogP contribution in [-0.4, -0.2) is 17.5 Å². The minimum atomic E-state index is 0.718. The molecule has 1 saturated heterocycles. The molecule has 1 aromatic rings. The van der Waals surface area contributed by atoms with Crippen LogP contribution in [0.15, 0.2) is 24.3 Å². The van der Waals surface area contributed by atoms with Gasteiger partial charge in [0.15, 0.2) is 0 Å². The van der Waals surface area contributed by atoms with E-state index in [4.69, 9.17) is 5.26 Å². The van der Waals surface area contributed by atoms with E-state index in [1.165, 1.54) is 44.2 Å². The van der Waals surface area contributed by atoms with Gasteiger partial charge in [-0.3, -0.25) is 4.90 Å². The van der Waals surface area contributed by atoms with Gasteiger partial charge in [-0.2, -0.15) is 5.26 Å². The molecule has 0 aliphatic carbocycles. The number of piperidine rings is 1. The Labute approximate surface area is 110 Å². The van der Waals surface area contributed by atoms with Crippen LogP contribution in [0.3, 0.4) is 0 Å². The lowest BCUT2D eigenvalue weighted by molar-refractivity contribution is 0.131. The Morgan fingerprint density at radius 3 is 2.94 bits per heavy atom. The van der Waals surface area contributed by atoms with Gasteiger partial charge in [-0.05, 0) is 37.4 Å². The summed E-state index contributed by atoms with van der Waals surface area (Å²) in [6.07, 6.45) is 6.52. The topological polar surface area (TPSA) is 27.0 Å². The standard InChI is InChI=1S/C16H22N2/c1-2-7-16-10-5-6-11-18(16)13-15-9-4-3-8-14(15)12-17/h3-4,8-9,16H,2,5-7,10-11,13H2,1H3. The average Bonchev–Trinajstić information content (AvgIpc) is 2.42. The SMILES string of the molecule is CCCC1CCCCN1Cc1ccccc1C#N. The molecule has 2 nitrogen and oxygen atoms in total. The maximum atomic E-state index is 9.15. The summed E-state index contributed by atoms with van der Waals surface area (Å²) in [5.74, 6) is 0. The molecule has 18 heavy (non-hydrogen) atoms. The predicted octanol–water partition coefficient (Wildman–Crippen LogP) is 3.71. The third-order valence-electron chi connectivity index (χ3n) is 3.88. The largest absolute Gasteiger partial charge is 0.296 e. The average molecular weight is 242 g/mol. The number of hydrogen-bond donors (Lipinski definition) is 0.